The largest absolute Gasteiger partial charge is 0.466 e. The van der Waals surface area contributed by atoms with Gasteiger partial charge in [0.05, 0.1) is 23.2 Å². The highest BCUT2D eigenvalue weighted by Gasteiger charge is 2.14. The van der Waals surface area contributed by atoms with E-state index in [1.54, 1.807) is 19.1 Å². The summed E-state index contributed by atoms with van der Waals surface area (Å²) < 4.78 is 16.5. The van der Waals surface area contributed by atoms with Crippen LogP contribution in [0.15, 0.2) is 29.2 Å². The van der Waals surface area contributed by atoms with E-state index in [2.05, 4.69) is 4.74 Å². The Morgan fingerprint density at radius 1 is 1.22 bits per heavy atom. The molecule has 1 unspecified atom stereocenters. The van der Waals surface area contributed by atoms with Crippen molar-refractivity contribution >= 4 is 22.6 Å². The predicted molar refractivity (Wildman–Crippen MR) is 68.7 cm³/mol. The lowest BCUT2D eigenvalue weighted by Gasteiger charge is -2.03. The summed E-state index contributed by atoms with van der Waals surface area (Å²) in [5, 5.41) is 0. The van der Waals surface area contributed by atoms with E-state index in [1.807, 2.05) is 19.1 Å². The Bertz CT molecular complexity index is 451. The van der Waals surface area contributed by atoms with Gasteiger partial charge >= 0.3 is 5.97 Å². The van der Waals surface area contributed by atoms with E-state index in [0.717, 1.165) is 5.56 Å². The Morgan fingerprint density at radius 2 is 1.83 bits per heavy atom. The zero-order chi connectivity index (χ0) is 13.5. The van der Waals surface area contributed by atoms with Crippen molar-refractivity contribution in [3.8, 4) is 0 Å². The van der Waals surface area contributed by atoms with E-state index < -0.39 is 16.8 Å². The number of ketones is 1. The fraction of sp³-hybridized carbons (Fsp3) is 0.385. The van der Waals surface area contributed by atoms with E-state index in [9.17, 15) is 13.8 Å². The molecule has 0 saturated carbocycles. The number of Topliss-reactive ketones (excluding diaryl/α,β-unsaturated/α-hetero) is 1. The van der Waals surface area contributed by atoms with Gasteiger partial charge in [-0.1, -0.05) is 17.7 Å². The van der Waals surface area contributed by atoms with Crippen molar-refractivity contribution in [1.29, 1.82) is 0 Å². The maximum atomic E-state index is 11.8. The van der Waals surface area contributed by atoms with E-state index in [-0.39, 0.29) is 24.6 Å². The highest BCUT2D eigenvalue weighted by Crippen LogP contribution is 2.09. The molecule has 0 fully saturated rings. The van der Waals surface area contributed by atoms with Gasteiger partial charge in [-0.15, -0.1) is 0 Å². The minimum absolute atomic E-state index is 0.151. The zero-order valence-electron chi connectivity index (χ0n) is 10.5. The quantitative estimate of drug-likeness (QED) is 0.581. The van der Waals surface area contributed by atoms with Gasteiger partial charge in [-0.25, -0.2) is 0 Å². The fourth-order valence-electron chi connectivity index (χ4n) is 1.34. The predicted octanol–water partition coefficient (Wildman–Crippen LogP) is 1.62. The first kappa shape index (κ1) is 14.6. The smallest absolute Gasteiger partial charge is 0.313 e. The molecule has 0 heterocycles. The van der Waals surface area contributed by atoms with Crippen LogP contribution in [0, 0.1) is 6.92 Å². The highest BCUT2D eigenvalue weighted by atomic mass is 32.2. The number of carbonyl (C=O) groups excluding carboxylic acids is 2. The van der Waals surface area contributed by atoms with Gasteiger partial charge in [0, 0.05) is 4.90 Å². The fourth-order valence-corrected chi connectivity index (χ4v) is 2.34. The van der Waals surface area contributed by atoms with Crippen LogP contribution < -0.4 is 0 Å². The molecule has 0 N–H and O–H groups in total. The standard InChI is InChI=1S/C13H16O4S/c1-3-17-13(15)8-11(14)9-18(16)12-6-4-10(2)5-7-12/h4-7H,3,8-9H2,1-2H3. The number of ether oxygens (including phenoxy) is 1. The molecule has 0 aliphatic carbocycles. The Kier molecular flexibility index (Phi) is 5.71. The summed E-state index contributed by atoms with van der Waals surface area (Å²) in [6.45, 7) is 3.85. The van der Waals surface area contributed by atoms with Crippen molar-refractivity contribution in [2.75, 3.05) is 12.4 Å². The molecule has 1 aromatic carbocycles. The molecular formula is C13H16O4S. The van der Waals surface area contributed by atoms with Crippen LogP contribution in [0.1, 0.15) is 18.9 Å². The molecule has 18 heavy (non-hydrogen) atoms. The molecule has 0 aromatic heterocycles. The molecule has 1 aromatic rings. The van der Waals surface area contributed by atoms with Crippen LogP contribution in [0.5, 0.6) is 0 Å². The first-order chi connectivity index (χ1) is 8.52. The summed E-state index contributed by atoms with van der Waals surface area (Å²) in [5.74, 6) is -1.09. The lowest BCUT2D eigenvalue weighted by atomic mass is 10.2. The SMILES string of the molecule is CCOC(=O)CC(=O)CS(=O)c1ccc(C)cc1. The van der Waals surface area contributed by atoms with Gasteiger partial charge in [0.2, 0.25) is 0 Å². The van der Waals surface area contributed by atoms with E-state index >= 15 is 0 Å². The van der Waals surface area contributed by atoms with Crippen molar-refractivity contribution in [2.45, 2.75) is 25.2 Å². The maximum Gasteiger partial charge on any atom is 0.313 e. The van der Waals surface area contributed by atoms with Crippen LogP contribution in [0.2, 0.25) is 0 Å². The molecular weight excluding hydrogens is 252 g/mol. The van der Waals surface area contributed by atoms with Crippen LogP contribution in [0.4, 0.5) is 0 Å². The number of hydrogen-bond donors (Lipinski definition) is 0. The first-order valence-electron chi connectivity index (χ1n) is 5.65. The summed E-state index contributed by atoms with van der Waals surface area (Å²) in [5.41, 5.74) is 1.06. The Hall–Kier alpha value is -1.49. The van der Waals surface area contributed by atoms with Gasteiger partial charge in [0.15, 0.2) is 5.78 Å². The monoisotopic (exact) mass is 268 g/mol. The van der Waals surface area contributed by atoms with Gasteiger partial charge in [-0.3, -0.25) is 13.8 Å². The number of aryl methyl sites for hydroxylation is 1. The molecule has 0 aliphatic heterocycles. The van der Waals surface area contributed by atoms with Crippen LogP contribution in [0.25, 0.3) is 0 Å². The van der Waals surface area contributed by atoms with Gasteiger partial charge in [0.1, 0.15) is 6.42 Å². The number of rotatable bonds is 6. The number of esters is 1. The Labute approximate surface area is 109 Å². The zero-order valence-corrected chi connectivity index (χ0v) is 11.3. The maximum absolute atomic E-state index is 11.8. The molecule has 0 radical (unpaired) electrons. The van der Waals surface area contributed by atoms with Crippen LogP contribution in [-0.4, -0.2) is 28.3 Å². The van der Waals surface area contributed by atoms with Gasteiger partial charge in [-0.2, -0.15) is 0 Å². The first-order valence-corrected chi connectivity index (χ1v) is 6.97. The van der Waals surface area contributed by atoms with Gasteiger partial charge in [0.25, 0.3) is 0 Å². The van der Waals surface area contributed by atoms with Crippen molar-refractivity contribution in [1.82, 2.24) is 0 Å². The molecule has 1 atom stereocenters. The molecule has 98 valence electrons. The molecule has 0 aliphatic rings. The second-order valence-electron chi connectivity index (χ2n) is 3.82. The summed E-state index contributed by atoms with van der Waals surface area (Å²) in [7, 11) is -1.40. The molecule has 0 bridgehead atoms. The van der Waals surface area contributed by atoms with Crippen LogP contribution in [0.3, 0.4) is 0 Å². The third kappa shape index (κ3) is 4.79. The minimum Gasteiger partial charge on any atom is -0.466 e. The lowest BCUT2D eigenvalue weighted by Crippen LogP contribution is -2.17. The van der Waals surface area contributed by atoms with Crippen molar-refractivity contribution < 1.29 is 18.5 Å². The third-order valence-electron chi connectivity index (χ3n) is 2.22. The third-order valence-corrected chi connectivity index (χ3v) is 3.60. The highest BCUT2D eigenvalue weighted by molar-refractivity contribution is 7.85. The van der Waals surface area contributed by atoms with Gasteiger partial charge in [-0.05, 0) is 26.0 Å². The van der Waals surface area contributed by atoms with Crippen LogP contribution >= 0.6 is 0 Å². The summed E-state index contributed by atoms with van der Waals surface area (Å²) in [4.78, 5) is 23.2. The summed E-state index contributed by atoms with van der Waals surface area (Å²) >= 11 is 0. The average molecular weight is 268 g/mol. The molecule has 5 heteroatoms. The molecule has 0 amide bonds. The molecule has 1 rings (SSSR count). The van der Waals surface area contributed by atoms with Crippen molar-refractivity contribution in [3.63, 3.8) is 0 Å². The number of carbonyl (C=O) groups is 2. The number of hydrogen-bond acceptors (Lipinski definition) is 4. The minimum atomic E-state index is -1.40. The summed E-state index contributed by atoms with van der Waals surface area (Å²) in [6.07, 6.45) is -0.314. The molecule has 0 saturated heterocycles. The number of benzene rings is 1. The van der Waals surface area contributed by atoms with Gasteiger partial charge < -0.3 is 4.74 Å². The van der Waals surface area contributed by atoms with E-state index in [1.165, 1.54) is 0 Å². The average Bonchev–Trinajstić information content (AvgIpc) is 2.29. The van der Waals surface area contributed by atoms with Crippen molar-refractivity contribution in [3.05, 3.63) is 29.8 Å². The molecule has 0 spiro atoms. The second kappa shape index (κ2) is 7.06. The van der Waals surface area contributed by atoms with E-state index in [4.69, 9.17) is 0 Å². The van der Waals surface area contributed by atoms with E-state index in [0.29, 0.717) is 4.90 Å². The Balaban J connectivity index is 2.52. The normalized spacial score (nSPS) is 11.9. The topological polar surface area (TPSA) is 60.4 Å². The van der Waals surface area contributed by atoms with Crippen LogP contribution in [-0.2, 0) is 25.1 Å². The van der Waals surface area contributed by atoms with Crippen molar-refractivity contribution in [2.24, 2.45) is 0 Å². The lowest BCUT2D eigenvalue weighted by molar-refractivity contribution is -0.145. The molecule has 4 nitrogen and oxygen atoms in total. The Morgan fingerprint density at radius 3 is 2.39 bits per heavy atom. The second-order valence-corrected chi connectivity index (χ2v) is 5.27. The summed E-state index contributed by atoms with van der Waals surface area (Å²) in [6, 6.07) is 7.12.